The van der Waals surface area contributed by atoms with Crippen LogP contribution in [0.5, 0.6) is 5.75 Å². The molecule has 1 aromatic carbocycles. The molecule has 1 saturated heterocycles. The minimum Gasteiger partial charge on any atom is -0.482 e. The number of rotatable bonds is 3. The molecule has 0 bridgehead atoms. The maximum Gasteiger partial charge on any atom is 0.262 e. The first-order valence-electron chi connectivity index (χ1n) is 8.12. The summed E-state index contributed by atoms with van der Waals surface area (Å²) in [5.41, 5.74) is 0.422. The number of hydrogen-bond acceptors (Lipinski definition) is 5. The van der Waals surface area contributed by atoms with Crippen LogP contribution in [0.25, 0.3) is 0 Å². The van der Waals surface area contributed by atoms with Crippen molar-refractivity contribution in [1.82, 2.24) is 9.80 Å². The van der Waals surface area contributed by atoms with E-state index in [4.69, 9.17) is 4.74 Å². The molecule has 24 heavy (non-hydrogen) atoms. The van der Waals surface area contributed by atoms with Crippen molar-refractivity contribution in [3.05, 3.63) is 23.8 Å². The Bertz CT molecular complexity index is 646. The Balaban J connectivity index is 1.63. The van der Waals surface area contributed by atoms with Gasteiger partial charge in [-0.15, -0.1) is 0 Å². The summed E-state index contributed by atoms with van der Waals surface area (Å²) in [6.45, 7) is 6.89. The van der Waals surface area contributed by atoms with Gasteiger partial charge in [-0.2, -0.15) is 0 Å². The third-order valence-corrected chi connectivity index (χ3v) is 4.13. The summed E-state index contributed by atoms with van der Waals surface area (Å²) in [4.78, 5) is 27.9. The van der Waals surface area contributed by atoms with Gasteiger partial charge < -0.3 is 20.1 Å². The maximum atomic E-state index is 12.7. The first kappa shape index (κ1) is 16.7. The van der Waals surface area contributed by atoms with Crippen LogP contribution in [0.15, 0.2) is 18.2 Å². The molecule has 2 aliphatic heterocycles. The van der Waals surface area contributed by atoms with E-state index in [1.54, 1.807) is 32.0 Å². The number of benzene rings is 1. The number of amides is 2. The highest BCUT2D eigenvalue weighted by molar-refractivity contribution is 5.99. The summed E-state index contributed by atoms with van der Waals surface area (Å²) in [7, 11) is 0. The Morgan fingerprint density at radius 1 is 1.29 bits per heavy atom. The zero-order valence-corrected chi connectivity index (χ0v) is 14.0. The second kappa shape index (κ2) is 6.41. The summed E-state index contributed by atoms with van der Waals surface area (Å²) in [6, 6.07) is 5.09. The molecular weight excluding hydrogens is 310 g/mol. The summed E-state index contributed by atoms with van der Waals surface area (Å²) in [6.07, 6.45) is 0. The van der Waals surface area contributed by atoms with E-state index in [1.807, 2.05) is 4.90 Å². The van der Waals surface area contributed by atoms with Gasteiger partial charge in [0, 0.05) is 38.3 Å². The predicted octanol–water partition coefficient (Wildman–Crippen LogP) is 0.546. The smallest absolute Gasteiger partial charge is 0.262 e. The molecule has 7 nitrogen and oxygen atoms in total. The minimum absolute atomic E-state index is 0.0275. The van der Waals surface area contributed by atoms with Gasteiger partial charge in [-0.25, -0.2) is 0 Å². The van der Waals surface area contributed by atoms with Gasteiger partial charge in [0.1, 0.15) is 5.75 Å². The van der Waals surface area contributed by atoms with Crippen LogP contribution in [0, 0.1) is 0 Å². The largest absolute Gasteiger partial charge is 0.482 e. The standard InChI is InChI=1S/C17H23N3O4/c1-17(2,23)11-19-5-7-20(8-6-19)16(22)12-3-4-13-14(9-12)24-10-15(21)18-13/h3-4,9,23H,5-8,10-11H2,1-2H3,(H,18,21). The molecule has 2 N–H and O–H groups in total. The summed E-state index contributed by atoms with van der Waals surface area (Å²) < 4.78 is 5.37. The molecule has 0 unspecified atom stereocenters. The zero-order valence-electron chi connectivity index (χ0n) is 14.0. The third-order valence-electron chi connectivity index (χ3n) is 4.13. The van der Waals surface area contributed by atoms with E-state index < -0.39 is 5.60 Å². The Morgan fingerprint density at radius 3 is 2.67 bits per heavy atom. The van der Waals surface area contributed by atoms with Crippen LogP contribution in [0.2, 0.25) is 0 Å². The highest BCUT2D eigenvalue weighted by Gasteiger charge is 2.26. The molecule has 3 rings (SSSR count). The van der Waals surface area contributed by atoms with Gasteiger partial charge in [-0.3, -0.25) is 14.5 Å². The van der Waals surface area contributed by atoms with E-state index >= 15 is 0 Å². The number of carbonyl (C=O) groups is 2. The fourth-order valence-electron chi connectivity index (χ4n) is 3.05. The molecule has 0 aromatic heterocycles. The number of β-amino-alcohol motifs (C(OH)–C–C–N with tert-alkyl or cyclic N) is 1. The predicted molar refractivity (Wildman–Crippen MR) is 89.2 cm³/mol. The van der Waals surface area contributed by atoms with Gasteiger partial charge in [0.25, 0.3) is 11.8 Å². The van der Waals surface area contributed by atoms with Crippen LogP contribution in [0.1, 0.15) is 24.2 Å². The third kappa shape index (κ3) is 3.85. The fraction of sp³-hybridized carbons (Fsp3) is 0.529. The molecule has 2 amide bonds. The van der Waals surface area contributed by atoms with Crippen LogP contribution in [-0.2, 0) is 4.79 Å². The number of carbonyl (C=O) groups excluding carboxylic acids is 2. The lowest BCUT2D eigenvalue weighted by molar-refractivity contribution is -0.118. The van der Waals surface area contributed by atoms with Crippen LogP contribution >= 0.6 is 0 Å². The highest BCUT2D eigenvalue weighted by atomic mass is 16.5. The lowest BCUT2D eigenvalue weighted by Crippen LogP contribution is -2.52. The molecule has 0 saturated carbocycles. The van der Waals surface area contributed by atoms with E-state index in [0.29, 0.717) is 36.6 Å². The molecular formula is C17H23N3O4. The Morgan fingerprint density at radius 2 is 2.00 bits per heavy atom. The number of hydrogen-bond donors (Lipinski definition) is 2. The monoisotopic (exact) mass is 333 g/mol. The zero-order chi connectivity index (χ0) is 17.3. The molecule has 2 aliphatic rings. The molecule has 0 aliphatic carbocycles. The number of anilines is 1. The van der Waals surface area contributed by atoms with Gasteiger partial charge >= 0.3 is 0 Å². The van der Waals surface area contributed by atoms with E-state index in [0.717, 1.165) is 13.1 Å². The number of nitrogens with zero attached hydrogens (tertiary/aromatic N) is 2. The Hall–Kier alpha value is -2.12. The van der Waals surface area contributed by atoms with Crippen molar-refractivity contribution in [3.63, 3.8) is 0 Å². The molecule has 1 aromatic rings. The topological polar surface area (TPSA) is 82.1 Å². The van der Waals surface area contributed by atoms with Gasteiger partial charge in [0.15, 0.2) is 6.61 Å². The van der Waals surface area contributed by atoms with Crippen molar-refractivity contribution < 1.29 is 19.4 Å². The van der Waals surface area contributed by atoms with Crippen molar-refractivity contribution >= 4 is 17.5 Å². The summed E-state index contributed by atoms with van der Waals surface area (Å²) in [5.74, 6) is 0.298. The van der Waals surface area contributed by atoms with Gasteiger partial charge in [0.05, 0.1) is 11.3 Å². The maximum absolute atomic E-state index is 12.7. The highest BCUT2D eigenvalue weighted by Crippen LogP contribution is 2.29. The lowest BCUT2D eigenvalue weighted by Gasteiger charge is -2.37. The normalized spacial score (nSPS) is 18.6. The first-order valence-corrected chi connectivity index (χ1v) is 8.12. The fourth-order valence-corrected chi connectivity index (χ4v) is 3.05. The minimum atomic E-state index is -0.730. The van der Waals surface area contributed by atoms with Gasteiger partial charge in [-0.05, 0) is 32.0 Å². The number of fused-ring (bicyclic) bond motifs is 1. The molecule has 0 radical (unpaired) electrons. The summed E-state index contributed by atoms with van der Waals surface area (Å²) in [5, 5.41) is 12.6. The Labute approximate surface area is 141 Å². The SMILES string of the molecule is CC(C)(O)CN1CCN(C(=O)c2ccc3c(c2)OCC(=O)N3)CC1. The number of aliphatic hydroxyl groups is 1. The van der Waals surface area contributed by atoms with Crippen molar-refractivity contribution in [2.45, 2.75) is 19.4 Å². The first-order chi connectivity index (χ1) is 11.3. The van der Waals surface area contributed by atoms with E-state index in [2.05, 4.69) is 10.2 Å². The molecule has 130 valence electrons. The quantitative estimate of drug-likeness (QED) is 0.844. The average Bonchev–Trinajstić information content (AvgIpc) is 2.53. The van der Waals surface area contributed by atoms with Crippen molar-refractivity contribution in [1.29, 1.82) is 0 Å². The van der Waals surface area contributed by atoms with Crippen LogP contribution in [0.3, 0.4) is 0 Å². The van der Waals surface area contributed by atoms with Crippen LogP contribution < -0.4 is 10.1 Å². The molecule has 2 heterocycles. The molecule has 0 atom stereocenters. The second-order valence-electron chi connectivity index (χ2n) is 6.93. The van der Waals surface area contributed by atoms with Gasteiger partial charge in [-0.1, -0.05) is 0 Å². The van der Waals surface area contributed by atoms with E-state index in [9.17, 15) is 14.7 Å². The van der Waals surface area contributed by atoms with Crippen molar-refractivity contribution in [2.75, 3.05) is 44.6 Å². The number of nitrogens with one attached hydrogen (secondary N) is 1. The second-order valence-corrected chi connectivity index (χ2v) is 6.93. The van der Waals surface area contributed by atoms with E-state index in [1.165, 1.54) is 0 Å². The molecule has 1 fully saturated rings. The number of ether oxygens (including phenoxy) is 1. The van der Waals surface area contributed by atoms with Crippen molar-refractivity contribution in [3.8, 4) is 5.75 Å². The van der Waals surface area contributed by atoms with Crippen LogP contribution in [-0.4, -0.2) is 71.7 Å². The van der Waals surface area contributed by atoms with E-state index in [-0.39, 0.29) is 18.4 Å². The summed E-state index contributed by atoms with van der Waals surface area (Å²) >= 11 is 0. The van der Waals surface area contributed by atoms with Crippen LogP contribution in [0.4, 0.5) is 5.69 Å². The Kier molecular flexibility index (Phi) is 4.47. The number of piperazine rings is 1. The average molecular weight is 333 g/mol. The molecule has 7 heteroatoms. The van der Waals surface area contributed by atoms with Gasteiger partial charge in [0.2, 0.25) is 0 Å². The lowest BCUT2D eigenvalue weighted by atomic mass is 10.1. The van der Waals surface area contributed by atoms with Crippen molar-refractivity contribution in [2.24, 2.45) is 0 Å². The molecule has 0 spiro atoms.